The molecule has 63 heavy (non-hydrogen) atoms. The van der Waals surface area contributed by atoms with E-state index in [1.54, 1.807) is 0 Å². The molecule has 13 heteroatoms. The average Bonchev–Trinajstić information content (AvgIpc) is 3.72. The molecule has 8 atom stereocenters. The molecule has 0 aromatic rings. The Labute approximate surface area is 395 Å². The number of ether oxygens (including phenoxy) is 2. The van der Waals surface area contributed by atoms with E-state index in [0.717, 1.165) is 76.2 Å². The third-order valence-corrected chi connectivity index (χ3v) is 16.7. The fourth-order valence-corrected chi connectivity index (χ4v) is 15.4. The molecular formula is C50H104O8Si5. The molecule has 4 unspecified atom stereocenters. The molecule has 2 aliphatic heterocycles. The molecule has 0 aromatic carbocycles. The number of cyclic esters (lactones) is 1. The molecule has 2 rings (SSSR count). The van der Waals surface area contributed by atoms with Crippen LogP contribution < -0.4 is 0 Å². The van der Waals surface area contributed by atoms with Gasteiger partial charge in [0.15, 0.2) is 41.6 Å². The molecule has 0 N–H and O–H groups in total. The lowest BCUT2D eigenvalue weighted by atomic mass is 9.97. The summed E-state index contributed by atoms with van der Waals surface area (Å²) in [5.74, 6) is -0.188. The lowest BCUT2D eigenvalue weighted by Crippen LogP contribution is -2.42. The van der Waals surface area contributed by atoms with Crippen molar-refractivity contribution in [3.8, 4) is 0 Å². The zero-order valence-electron chi connectivity index (χ0n) is 44.5. The van der Waals surface area contributed by atoms with Gasteiger partial charge < -0.3 is 31.6 Å². The van der Waals surface area contributed by atoms with Crippen LogP contribution in [0.2, 0.25) is 98.2 Å². The van der Waals surface area contributed by atoms with Crippen LogP contribution in [0.3, 0.4) is 0 Å². The number of unbranched alkanes of at least 4 members (excludes halogenated alkanes) is 10. The van der Waals surface area contributed by atoms with Crippen molar-refractivity contribution in [1.29, 1.82) is 0 Å². The summed E-state index contributed by atoms with van der Waals surface area (Å²) in [5.41, 5.74) is 0.765. The Hall–Kier alpha value is 0.0544. The number of carbonyl (C=O) groups is 1. The Morgan fingerprint density at radius 1 is 0.508 bits per heavy atom. The molecule has 2 aliphatic rings. The fourth-order valence-electron chi connectivity index (χ4n) is 9.38. The Morgan fingerprint density at radius 2 is 0.873 bits per heavy atom. The first-order chi connectivity index (χ1) is 29.1. The van der Waals surface area contributed by atoms with Gasteiger partial charge in [0.1, 0.15) is 6.10 Å². The minimum Gasteiger partial charge on any atom is -0.455 e. The lowest BCUT2D eigenvalue weighted by Gasteiger charge is -2.34. The first-order valence-corrected chi connectivity index (χ1v) is 43.1. The van der Waals surface area contributed by atoms with Gasteiger partial charge in [-0.25, -0.2) is 4.79 Å². The van der Waals surface area contributed by atoms with Crippen LogP contribution in [0.25, 0.3) is 0 Å². The molecular weight excluding hydrogens is 869 g/mol. The summed E-state index contributed by atoms with van der Waals surface area (Å²) in [6, 6.07) is 0. The maximum absolute atomic E-state index is 12.5. The van der Waals surface area contributed by atoms with E-state index in [0.29, 0.717) is 6.42 Å². The van der Waals surface area contributed by atoms with E-state index in [2.05, 4.69) is 105 Å². The van der Waals surface area contributed by atoms with E-state index >= 15 is 0 Å². The zero-order chi connectivity index (χ0) is 47.5. The minimum atomic E-state index is -1.82. The van der Waals surface area contributed by atoms with E-state index in [-0.39, 0.29) is 54.8 Å². The number of carbonyl (C=O) groups excluding carboxylic acids is 1. The van der Waals surface area contributed by atoms with Gasteiger partial charge in [-0.2, -0.15) is 0 Å². The Bertz CT molecular complexity index is 1280. The van der Waals surface area contributed by atoms with Gasteiger partial charge in [-0.05, 0) is 169 Å². The van der Waals surface area contributed by atoms with Crippen molar-refractivity contribution in [2.45, 2.75) is 302 Å². The van der Waals surface area contributed by atoms with Gasteiger partial charge in [0, 0.05) is 30.3 Å². The summed E-state index contributed by atoms with van der Waals surface area (Å²) >= 11 is 0. The molecule has 0 bridgehead atoms. The summed E-state index contributed by atoms with van der Waals surface area (Å²) in [4.78, 5) is 12.5. The molecule has 2 heterocycles. The standard InChI is InChI=1S/C50H104O8Si5/c1-18-19-20-21-22-23-24-25-26-27-34-48(57-62(12,13)14)46-36-37-47(53-46)49(58-63(15,16)17)35-29-28-31-44(55-60(6,7)8)40-45(56-61(9,10)11)33-30-32-43(54-59(3,4)5)39-42-38-41(2)52-50(42)51/h38,41,43-49H,18-37,39-40H2,1-17H3/t41?,43?,44?,45?,46-,47-,48-,49-/m1/s1. The second kappa shape index (κ2) is 28.5. The van der Waals surface area contributed by atoms with E-state index < -0.39 is 41.6 Å². The van der Waals surface area contributed by atoms with Crippen LogP contribution in [0.5, 0.6) is 0 Å². The molecule has 0 spiro atoms. The maximum Gasteiger partial charge on any atom is 0.334 e. The monoisotopic (exact) mass is 973 g/mol. The molecule has 0 aromatic heterocycles. The van der Waals surface area contributed by atoms with Gasteiger partial charge in [0.2, 0.25) is 0 Å². The zero-order valence-corrected chi connectivity index (χ0v) is 49.5. The van der Waals surface area contributed by atoms with Crippen molar-refractivity contribution < 1.29 is 36.4 Å². The van der Waals surface area contributed by atoms with Gasteiger partial charge in [-0.1, -0.05) is 84.0 Å². The van der Waals surface area contributed by atoms with Gasteiger partial charge >= 0.3 is 5.97 Å². The predicted molar refractivity (Wildman–Crippen MR) is 281 cm³/mol. The van der Waals surface area contributed by atoms with Crippen LogP contribution in [0.4, 0.5) is 0 Å². The second-order valence-electron chi connectivity index (χ2n) is 24.3. The molecule has 1 saturated heterocycles. The van der Waals surface area contributed by atoms with Gasteiger partial charge in [0.25, 0.3) is 0 Å². The summed E-state index contributed by atoms with van der Waals surface area (Å²) in [7, 11) is -8.97. The summed E-state index contributed by atoms with van der Waals surface area (Å²) in [6.07, 6.45) is 28.2. The third-order valence-electron chi connectivity index (χ3n) is 11.6. The normalized spacial score (nSPS) is 21.6. The highest BCUT2D eigenvalue weighted by Crippen LogP contribution is 2.34. The fraction of sp³-hybridized carbons (Fsp3) is 0.940. The number of esters is 1. The molecule has 0 saturated carbocycles. The van der Waals surface area contributed by atoms with E-state index in [9.17, 15) is 4.79 Å². The van der Waals surface area contributed by atoms with Crippen LogP contribution in [0, 0.1) is 0 Å². The summed E-state index contributed by atoms with van der Waals surface area (Å²) in [5, 5.41) is 0. The Morgan fingerprint density at radius 3 is 1.29 bits per heavy atom. The van der Waals surface area contributed by atoms with Crippen LogP contribution in [-0.2, 0) is 36.4 Å². The summed E-state index contributed by atoms with van der Waals surface area (Å²) < 4.78 is 46.9. The SMILES string of the molecule is CCCCCCCCCCCC[C@@H](O[Si](C)(C)C)[C@H]1CC[C@H]([C@@H](CCCCC(CC(CCCC(CC2=CC(C)OC2=O)O[Si](C)(C)C)O[Si](C)(C)C)O[Si](C)(C)C)O[Si](C)(C)C)O1. The predicted octanol–water partition coefficient (Wildman–Crippen LogP) is 15.3. The maximum atomic E-state index is 12.5. The quantitative estimate of drug-likeness (QED) is 0.0349. The van der Waals surface area contributed by atoms with E-state index in [4.69, 9.17) is 31.6 Å². The molecule has 0 aliphatic carbocycles. The highest BCUT2D eigenvalue weighted by molar-refractivity contribution is 6.71. The highest BCUT2D eigenvalue weighted by atomic mass is 28.4. The highest BCUT2D eigenvalue weighted by Gasteiger charge is 2.39. The molecule has 8 nitrogen and oxygen atoms in total. The lowest BCUT2D eigenvalue weighted by molar-refractivity contribution is -0.139. The smallest absolute Gasteiger partial charge is 0.334 e. The Kier molecular flexibility index (Phi) is 26.8. The van der Waals surface area contributed by atoms with Crippen LogP contribution in [-0.4, -0.2) is 96.4 Å². The number of hydrogen-bond acceptors (Lipinski definition) is 8. The molecule has 372 valence electrons. The van der Waals surface area contributed by atoms with Gasteiger partial charge in [-0.15, -0.1) is 0 Å². The minimum absolute atomic E-state index is 0.0102. The Balaban J connectivity index is 2.05. The average molecular weight is 974 g/mol. The van der Waals surface area contributed by atoms with Gasteiger partial charge in [0.05, 0.1) is 24.4 Å². The van der Waals surface area contributed by atoms with Crippen LogP contribution >= 0.6 is 0 Å². The number of rotatable bonds is 36. The largest absolute Gasteiger partial charge is 0.455 e. The van der Waals surface area contributed by atoms with Crippen LogP contribution in [0.1, 0.15) is 155 Å². The summed E-state index contributed by atoms with van der Waals surface area (Å²) in [6.45, 7) is 38.7. The number of hydrogen-bond donors (Lipinski definition) is 0. The van der Waals surface area contributed by atoms with Crippen molar-refractivity contribution >= 4 is 47.6 Å². The van der Waals surface area contributed by atoms with Crippen LogP contribution in [0.15, 0.2) is 11.6 Å². The molecule has 1 fully saturated rings. The van der Waals surface area contributed by atoms with Gasteiger partial charge in [-0.3, -0.25) is 0 Å². The van der Waals surface area contributed by atoms with Crippen molar-refractivity contribution in [2.24, 2.45) is 0 Å². The molecule has 0 amide bonds. The van der Waals surface area contributed by atoms with E-state index in [1.165, 1.54) is 64.2 Å². The molecule has 0 radical (unpaired) electrons. The second-order valence-corrected chi connectivity index (χ2v) is 46.6. The van der Waals surface area contributed by atoms with Crippen molar-refractivity contribution in [3.05, 3.63) is 11.6 Å². The third kappa shape index (κ3) is 29.5. The first-order valence-electron chi connectivity index (χ1n) is 26.1. The van der Waals surface area contributed by atoms with Crippen molar-refractivity contribution in [2.75, 3.05) is 0 Å². The van der Waals surface area contributed by atoms with Crippen molar-refractivity contribution in [3.63, 3.8) is 0 Å². The van der Waals surface area contributed by atoms with Crippen molar-refractivity contribution in [1.82, 2.24) is 0 Å². The topological polar surface area (TPSA) is 81.7 Å². The van der Waals surface area contributed by atoms with E-state index in [1.807, 2.05) is 13.0 Å². The first kappa shape index (κ1) is 59.2.